The number of aromatic nitrogens is 2. The number of aryl methyl sites for hydroxylation is 2. The second kappa shape index (κ2) is 8.46. The first-order valence-electron chi connectivity index (χ1n) is 10.8. The molecule has 1 saturated heterocycles. The minimum Gasteiger partial charge on any atom is -0.444 e. The van der Waals surface area contributed by atoms with Crippen LogP contribution in [0.2, 0.25) is 0 Å². The lowest BCUT2D eigenvalue weighted by Crippen LogP contribution is -2.39. The Morgan fingerprint density at radius 3 is 2.61 bits per heavy atom. The molecule has 6 nitrogen and oxygen atoms in total. The zero-order chi connectivity index (χ0) is 22.2. The number of amides is 1. The highest BCUT2D eigenvalue weighted by molar-refractivity contribution is 7.17. The first-order chi connectivity index (χ1) is 14.7. The van der Waals surface area contributed by atoms with Crippen molar-refractivity contribution in [1.29, 1.82) is 0 Å². The summed E-state index contributed by atoms with van der Waals surface area (Å²) in [5.74, 6) is 0.951. The minimum absolute atomic E-state index is 0.242. The number of thiophene rings is 1. The summed E-state index contributed by atoms with van der Waals surface area (Å²) in [4.78, 5) is 26.9. The molecule has 0 spiro atoms. The fourth-order valence-corrected chi connectivity index (χ4v) is 4.95. The number of carbonyl (C=O) groups is 1. The average Bonchev–Trinajstić information content (AvgIpc) is 2.96. The maximum Gasteiger partial charge on any atom is 0.410 e. The van der Waals surface area contributed by atoms with Gasteiger partial charge in [-0.05, 0) is 52.2 Å². The van der Waals surface area contributed by atoms with Crippen molar-refractivity contribution in [2.75, 3.05) is 31.1 Å². The van der Waals surface area contributed by atoms with Gasteiger partial charge in [-0.1, -0.05) is 23.8 Å². The monoisotopic (exact) mass is 438 g/mol. The Morgan fingerprint density at radius 2 is 1.87 bits per heavy atom. The maximum atomic E-state index is 12.5. The molecule has 164 valence electrons. The van der Waals surface area contributed by atoms with Crippen molar-refractivity contribution >= 4 is 33.5 Å². The van der Waals surface area contributed by atoms with Crippen LogP contribution in [-0.4, -0.2) is 52.7 Å². The molecule has 1 fully saturated rings. The summed E-state index contributed by atoms with van der Waals surface area (Å²) >= 11 is 1.65. The van der Waals surface area contributed by atoms with E-state index in [9.17, 15) is 4.79 Å². The van der Waals surface area contributed by atoms with Gasteiger partial charge in [-0.2, -0.15) is 0 Å². The quantitative estimate of drug-likeness (QED) is 0.534. The first kappa shape index (κ1) is 21.6. The van der Waals surface area contributed by atoms with Crippen molar-refractivity contribution in [2.45, 2.75) is 46.6 Å². The van der Waals surface area contributed by atoms with Crippen molar-refractivity contribution in [2.24, 2.45) is 0 Å². The fourth-order valence-electron chi connectivity index (χ4n) is 4.05. The van der Waals surface area contributed by atoms with Gasteiger partial charge in [0.2, 0.25) is 0 Å². The summed E-state index contributed by atoms with van der Waals surface area (Å²) in [6, 6.07) is 6.56. The van der Waals surface area contributed by atoms with Gasteiger partial charge in [-0.15, -0.1) is 11.3 Å². The van der Waals surface area contributed by atoms with E-state index >= 15 is 0 Å². The zero-order valence-electron chi connectivity index (χ0n) is 18.9. The topological polar surface area (TPSA) is 58.6 Å². The van der Waals surface area contributed by atoms with E-state index in [0.29, 0.717) is 19.6 Å². The summed E-state index contributed by atoms with van der Waals surface area (Å²) < 4.78 is 5.58. The number of hydrogen-bond acceptors (Lipinski definition) is 6. The number of benzene rings is 1. The molecule has 1 amide bonds. The Morgan fingerprint density at radius 1 is 1.06 bits per heavy atom. The fraction of sp³-hybridized carbons (Fsp3) is 0.458. The van der Waals surface area contributed by atoms with Gasteiger partial charge in [0, 0.05) is 37.1 Å². The average molecular weight is 439 g/mol. The number of anilines is 1. The molecule has 0 atom stereocenters. The molecule has 7 heteroatoms. The van der Waals surface area contributed by atoms with Crippen LogP contribution in [0, 0.1) is 13.8 Å². The maximum absolute atomic E-state index is 12.5. The second-order valence-corrected chi connectivity index (χ2v) is 10.0. The summed E-state index contributed by atoms with van der Waals surface area (Å²) in [7, 11) is 0. The third-order valence-electron chi connectivity index (χ3n) is 5.47. The van der Waals surface area contributed by atoms with Crippen molar-refractivity contribution in [3.8, 4) is 11.1 Å². The van der Waals surface area contributed by atoms with Crippen LogP contribution in [0.5, 0.6) is 0 Å². The van der Waals surface area contributed by atoms with Gasteiger partial charge in [-0.25, -0.2) is 14.8 Å². The number of hydrogen-bond donors (Lipinski definition) is 0. The molecule has 0 saturated carbocycles. The molecule has 0 bridgehead atoms. The Labute approximate surface area is 187 Å². The lowest BCUT2D eigenvalue weighted by Gasteiger charge is -2.26. The number of rotatable bonds is 2. The van der Waals surface area contributed by atoms with Crippen LogP contribution in [0.4, 0.5) is 10.6 Å². The lowest BCUT2D eigenvalue weighted by molar-refractivity contribution is 0.0263. The van der Waals surface area contributed by atoms with Crippen LogP contribution in [0.25, 0.3) is 21.3 Å². The molecule has 3 aromatic rings. The van der Waals surface area contributed by atoms with Gasteiger partial charge < -0.3 is 14.5 Å². The highest BCUT2D eigenvalue weighted by atomic mass is 32.1. The second-order valence-electron chi connectivity index (χ2n) is 9.15. The van der Waals surface area contributed by atoms with Gasteiger partial charge in [0.15, 0.2) is 0 Å². The van der Waals surface area contributed by atoms with E-state index in [2.05, 4.69) is 47.3 Å². The highest BCUT2D eigenvalue weighted by Crippen LogP contribution is 2.39. The molecular formula is C24H30N4O2S. The van der Waals surface area contributed by atoms with Crippen LogP contribution in [0.15, 0.2) is 29.9 Å². The van der Waals surface area contributed by atoms with Crippen molar-refractivity contribution in [1.82, 2.24) is 14.9 Å². The number of carbonyl (C=O) groups excluding carboxylic acids is 1. The Bertz CT molecular complexity index is 1100. The van der Waals surface area contributed by atoms with Gasteiger partial charge >= 0.3 is 6.09 Å². The molecule has 1 aromatic carbocycles. The predicted octanol–water partition coefficient (Wildman–Crippen LogP) is 5.42. The van der Waals surface area contributed by atoms with Crippen LogP contribution < -0.4 is 4.90 Å². The SMILES string of the molecule is Cc1ccc(-c2csc3ncnc(N4CCCN(C(=O)OC(C)(C)C)CC4)c23)c(C)c1. The summed E-state index contributed by atoms with van der Waals surface area (Å²) in [5.41, 5.74) is 4.42. The largest absolute Gasteiger partial charge is 0.444 e. The molecule has 4 rings (SSSR count). The van der Waals surface area contributed by atoms with Gasteiger partial charge in [0.1, 0.15) is 22.6 Å². The Kier molecular flexibility index (Phi) is 5.88. The highest BCUT2D eigenvalue weighted by Gasteiger charge is 2.26. The molecule has 1 aliphatic rings. The van der Waals surface area contributed by atoms with E-state index < -0.39 is 5.60 Å². The predicted molar refractivity (Wildman–Crippen MR) is 127 cm³/mol. The normalized spacial score (nSPS) is 15.3. The van der Waals surface area contributed by atoms with E-state index in [1.165, 1.54) is 22.3 Å². The standard InChI is InChI=1S/C24H30N4O2S/c1-16-7-8-18(17(2)13-16)19-14-31-22-20(19)21(25-15-26-22)27-9-6-10-28(12-11-27)23(29)30-24(3,4)5/h7-8,13-15H,6,9-12H2,1-5H3. The van der Waals surface area contributed by atoms with E-state index in [0.717, 1.165) is 29.0 Å². The number of nitrogens with zero attached hydrogens (tertiary/aromatic N) is 4. The molecule has 2 aromatic heterocycles. The third-order valence-corrected chi connectivity index (χ3v) is 6.36. The minimum atomic E-state index is -0.487. The van der Waals surface area contributed by atoms with E-state index in [1.54, 1.807) is 17.7 Å². The van der Waals surface area contributed by atoms with Gasteiger partial charge in [0.05, 0.1) is 5.39 Å². The molecule has 31 heavy (non-hydrogen) atoms. The smallest absolute Gasteiger partial charge is 0.410 e. The van der Waals surface area contributed by atoms with Crippen LogP contribution in [0.3, 0.4) is 0 Å². The molecule has 0 radical (unpaired) electrons. The summed E-state index contributed by atoms with van der Waals surface area (Å²) in [6.07, 6.45) is 2.28. The van der Waals surface area contributed by atoms with E-state index in [1.807, 2.05) is 25.7 Å². The van der Waals surface area contributed by atoms with Gasteiger partial charge in [-0.3, -0.25) is 0 Å². The molecule has 1 aliphatic heterocycles. The van der Waals surface area contributed by atoms with E-state index in [4.69, 9.17) is 9.72 Å². The third kappa shape index (κ3) is 4.66. The summed E-state index contributed by atoms with van der Waals surface area (Å²) in [5, 5.41) is 3.29. The molecule has 3 heterocycles. The van der Waals surface area contributed by atoms with Crippen LogP contribution in [-0.2, 0) is 4.74 Å². The van der Waals surface area contributed by atoms with Crippen molar-refractivity contribution < 1.29 is 9.53 Å². The molecule has 0 unspecified atom stereocenters. The Hall–Kier alpha value is -2.67. The summed E-state index contributed by atoms with van der Waals surface area (Å²) in [6.45, 7) is 12.8. The molecular weight excluding hydrogens is 408 g/mol. The molecule has 0 aliphatic carbocycles. The first-order valence-corrected chi connectivity index (χ1v) is 11.6. The number of fused-ring (bicyclic) bond motifs is 1. The van der Waals surface area contributed by atoms with Crippen molar-refractivity contribution in [3.05, 3.63) is 41.0 Å². The van der Waals surface area contributed by atoms with Crippen LogP contribution in [0.1, 0.15) is 38.3 Å². The van der Waals surface area contributed by atoms with Crippen molar-refractivity contribution in [3.63, 3.8) is 0 Å². The van der Waals surface area contributed by atoms with E-state index in [-0.39, 0.29) is 6.09 Å². The van der Waals surface area contributed by atoms with Gasteiger partial charge in [0.25, 0.3) is 0 Å². The molecule has 0 N–H and O–H groups in total. The van der Waals surface area contributed by atoms with Crippen LogP contribution >= 0.6 is 11.3 Å². The zero-order valence-corrected chi connectivity index (χ0v) is 19.8. The Balaban J connectivity index is 1.64. The lowest BCUT2D eigenvalue weighted by atomic mass is 9.99. The number of ether oxygens (including phenoxy) is 1.